The zero-order chi connectivity index (χ0) is 18.1. The standard InChI is InChI=1S/C17H26F3N3O.HI/c1-16(2,14-8-5-4-6-9-14)12-23-15(21-3)22-10-7-11-24-13-17(18,19)20;/h4-6,8-9H,7,10-13H2,1-3H3,(H2,21,22,23);1H. The van der Waals surface area contributed by atoms with Crippen molar-refractivity contribution in [3.63, 3.8) is 0 Å². The van der Waals surface area contributed by atoms with Gasteiger partial charge in [-0.05, 0) is 12.0 Å². The van der Waals surface area contributed by atoms with Crippen molar-refractivity contribution < 1.29 is 17.9 Å². The van der Waals surface area contributed by atoms with E-state index in [1.54, 1.807) is 7.05 Å². The Morgan fingerprint density at radius 1 is 1.12 bits per heavy atom. The van der Waals surface area contributed by atoms with E-state index in [1.807, 2.05) is 18.2 Å². The Balaban J connectivity index is 0.00000576. The number of nitrogens with one attached hydrogen (secondary N) is 2. The van der Waals surface area contributed by atoms with Gasteiger partial charge in [-0.3, -0.25) is 4.99 Å². The molecule has 144 valence electrons. The summed E-state index contributed by atoms with van der Waals surface area (Å²) in [7, 11) is 1.66. The molecule has 1 aromatic rings. The molecule has 0 saturated heterocycles. The first-order chi connectivity index (χ1) is 11.2. The van der Waals surface area contributed by atoms with E-state index in [2.05, 4.69) is 46.3 Å². The summed E-state index contributed by atoms with van der Waals surface area (Å²) in [4.78, 5) is 4.12. The number of aliphatic imine (C=N–C) groups is 1. The van der Waals surface area contributed by atoms with Crippen LogP contribution in [0.5, 0.6) is 0 Å². The molecular formula is C17H27F3IN3O. The maximum atomic E-state index is 11.9. The van der Waals surface area contributed by atoms with Crippen molar-refractivity contribution in [2.45, 2.75) is 31.9 Å². The second-order valence-electron chi connectivity index (χ2n) is 6.12. The van der Waals surface area contributed by atoms with Crippen LogP contribution >= 0.6 is 24.0 Å². The molecule has 0 unspecified atom stereocenters. The molecule has 1 rings (SSSR count). The highest BCUT2D eigenvalue weighted by Gasteiger charge is 2.27. The molecule has 4 nitrogen and oxygen atoms in total. The molecule has 0 aliphatic rings. The zero-order valence-electron chi connectivity index (χ0n) is 14.8. The molecule has 0 atom stereocenters. The zero-order valence-corrected chi connectivity index (χ0v) is 17.2. The molecule has 8 heteroatoms. The highest BCUT2D eigenvalue weighted by Crippen LogP contribution is 2.21. The lowest BCUT2D eigenvalue weighted by Gasteiger charge is -2.26. The first-order valence-corrected chi connectivity index (χ1v) is 7.89. The summed E-state index contributed by atoms with van der Waals surface area (Å²) in [5.41, 5.74) is 1.14. The van der Waals surface area contributed by atoms with Gasteiger partial charge in [-0.2, -0.15) is 13.2 Å². The van der Waals surface area contributed by atoms with Crippen LogP contribution in [0.1, 0.15) is 25.8 Å². The van der Waals surface area contributed by atoms with Gasteiger partial charge in [0, 0.05) is 32.2 Å². The van der Waals surface area contributed by atoms with Crippen LogP contribution in [0.15, 0.2) is 35.3 Å². The molecule has 0 fully saturated rings. The van der Waals surface area contributed by atoms with Gasteiger partial charge in [0.15, 0.2) is 5.96 Å². The number of rotatable bonds is 8. The van der Waals surface area contributed by atoms with E-state index in [0.717, 1.165) is 0 Å². The van der Waals surface area contributed by atoms with E-state index in [-0.39, 0.29) is 36.0 Å². The topological polar surface area (TPSA) is 45.7 Å². The Labute approximate surface area is 164 Å². The van der Waals surface area contributed by atoms with E-state index in [4.69, 9.17) is 0 Å². The first-order valence-electron chi connectivity index (χ1n) is 7.89. The van der Waals surface area contributed by atoms with E-state index >= 15 is 0 Å². The summed E-state index contributed by atoms with van der Waals surface area (Å²) >= 11 is 0. The summed E-state index contributed by atoms with van der Waals surface area (Å²) in [5.74, 6) is 0.620. The molecule has 1 aromatic carbocycles. The summed E-state index contributed by atoms with van der Waals surface area (Å²) < 4.78 is 40.4. The number of hydrogen-bond donors (Lipinski definition) is 2. The third kappa shape index (κ3) is 10.5. The lowest BCUT2D eigenvalue weighted by Crippen LogP contribution is -2.43. The maximum Gasteiger partial charge on any atom is 0.411 e. The van der Waals surface area contributed by atoms with Crippen molar-refractivity contribution in [3.05, 3.63) is 35.9 Å². The number of hydrogen-bond acceptors (Lipinski definition) is 2. The maximum absolute atomic E-state index is 11.9. The minimum Gasteiger partial charge on any atom is -0.372 e. The average Bonchev–Trinajstić information content (AvgIpc) is 2.53. The fourth-order valence-corrected chi connectivity index (χ4v) is 2.09. The molecule has 0 spiro atoms. The third-order valence-electron chi connectivity index (χ3n) is 3.50. The van der Waals surface area contributed by atoms with Gasteiger partial charge in [-0.15, -0.1) is 24.0 Å². The van der Waals surface area contributed by atoms with Crippen LogP contribution < -0.4 is 10.6 Å². The summed E-state index contributed by atoms with van der Waals surface area (Å²) in [5, 5.41) is 6.31. The van der Waals surface area contributed by atoms with Gasteiger partial charge in [0.25, 0.3) is 0 Å². The molecule has 0 bridgehead atoms. The van der Waals surface area contributed by atoms with Gasteiger partial charge < -0.3 is 15.4 Å². The Morgan fingerprint density at radius 2 is 1.76 bits per heavy atom. The smallest absolute Gasteiger partial charge is 0.372 e. The Morgan fingerprint density at radius 3 is 2.32 bits per heavy atom. The highest BCUT2D eigenvalue weighted by molar-refractivity contribution is 14.0. The van der Waals surface area contributed by atoms with Gasteiger partial charge in [0.2, 0.25) is 0 Å². The Bertz CT molecular complexity index is 508. The molecule has 0 aliphatic carbocycles. The molecule has 0 aliphatic heterocycles. The third-order valence-corrected chi connectivity index (χ3v) is 3.50. The molecule has 0 heterocycles. The number of benzene rings is 1. The lowest BCUT2D eigenvalue weighted by molar-refractivity contribution is -0.173. The highest BCUT2D eigenvalue weighted by atomic mass is 127. The fourth-order valence-electron chi connectivity index (χ4n) is 2.09. The predicted octanol–water partition coefficient (Wildman–Crippen LogP) is 3.72. The Kier molecular flexibility index (Phi) is 11.1. The first kappa shape index (κ1) is 24.0. The summed E-state index contributed by atoms with van der Waals surface area (Å²) in [6, 6.07) is 10.1. The van der Waals surface area contributed by atoms with Crippen molar-refractivity contribution in [1.29, 1.82) is 0 Å². The molecule has 0 saturated carbocycles. The number of alkyl halides is 3. The summed E-state index contributed by atoms with van der Waals surface area (Å²) in [6.45, 7) is 4.29. The van der Waals surface area contributed by atoms with Gasteiger partial charge in [0.1, 0.15) is 6.61 Å². The monoisotopic (exact) mass is 473 g/mol. The van der Waals surface area contributed by atoms with Gasteiger partial charge >= 0.3 is 6.18 Å². The predicted molar refractivity (Wildman–Crippen MR) is 106 cm³/mol. The molecular weight excluding hydrogens is 446 g/mol. The second-order valence-corrected chi connectivity index (χ2v) is 6.12. The van der Waals surface area contributed by atoms with Crippen LogP contribution in [0.25, 0.3) is 0 Å². The van der Waals surface area contributed by atoms with Gasteiger partial charge in [-0.25, -0.2) is 0 Å². The van der Waals surface area contributed by atoms with E-state index in [0.29, 0.717) is 25.5 Å². The molecule has 0 radical (unpaired) electrons. The molecule has 0 aromatic heterocycles. The molecule has 25 heavy (non-hydrogen) atoms. The van der Waals surface area contributed by atoms with Crippen LogP contribution in [-0.2, 0) is 10.2 Å². The summed E-state index contributed by atoms with van der Waals surface area (Å²) in [6.07, 6.45) is -3.80. The number of guanidine groups is 1. The quantitative estimate of drug-likeness (QED) is 0.262. The van der Waals surface area contributed by atoms with E-state index in [1.165, 1.54) is 5.56 Å². The van der Waals surface area contributed by atoms with Crippen molar-refractivity contribution in [2.24, 2.45) is 4.99 Å². The fraction of sp³-hybridized carbons (Fsp3) is 0.588. The Hall–Kier alpha value is -1.03. The minimum absolute atomic E-state index is 0. The minimum atomic E-state index is -4.27. The van der Waals surface area contributed by atoms with Crippen LogP contribution in [0.2, 0.25) is 0 Å². The number of nitrogens with zero attached hydrogens (tertiary/aromatic N) is 1. The van der Waals surface area contributed by atoms with Crippen molar-refractivity contribution in [2.75, 3.05) is 33.4 Å². The van der Waals surface area contributed by atoms with E-state index in [9.17, 15) is 13.2 Å². The normalized spacial score (nSPS) is 12.5. The number of halogens is 4. The van der Waals surface area contributed by atoms with E-state index < -0.39 is 12.8 Å². The van der Waals surface area contributed by atoms with Crippen LogP contribution in [-0.4, -0.2) is 45.5 Å². The van der Waals surface area contributed by atoms with Crippen molar-refractivity contribution in [1.82, 2.24) is 10.6 Å². The van der Waals surface area contributed by atoms with Crippen molar-refractivity contribution in [3.8, 4) is 0 Å². The van der Waals surface area contributed by atoms with Crippen LogP contribution in [0.3, 0.4) is 0 Å². The van der Waals surface area contributed by atoms with Gasteiger partial charge in [0.05, 0.1) is 0 Å². The van der Waals surface area contributed by atoms with Crippen LogP contribution in [0, 0.1) is 0 Å². The second kappa shape index (κ2) is 11.6. The average molecular weight is 473 g/mol. The van der Waals surface area contributed by atoms with Crippen molar-refractivity contribution >= 4 is 29.9 Å². The molecule has 2 N–H and O–H groups in total. The van der Waals surface area contributed by atoms with Gasteiger partial charge in [-0.1, -0.05) is 44.2 Å². The molecule has 0 amide bonds. The SMILES string of the molecule is CN=C(NCCCOCC(F)(F)F)NCC(C)(C)c1ccccc1.I. The number of ether oxygens (including phenoxy) is 1. The lowest BCUT2D eigenvalue weighted by atomic mass is 9.85. The largest absolute Gasteiger partial charge is 0.411 e. The van der Waals surface area contributed by atoms with Crippen LogP contribution in [0.4, 0.5) is 13.2 Å².